The molecule has 7 aromatic carbocycles. The monoisotopic (exact) mass is 990 g/mol. The summed E-state index contributed by atoms with van der Waals surface area (Å²) in [7, 11) is 0. The van der Waals surface area contributed by atoms with Crippen molar-refractivity contribution in [3.63, 3.8) is 0 Å². The second-order valence-corrected chi connectivity index (χ2v) is 24.6. The molecule has 0 N–H and O–H groups in total. The third-order valence-corrected chi connectivity index (χ3v) is 16.5. The number of para-hydroxylation sites is 3. The van der Waals surface area contributed by atoms with E-state index in [1.165, 1.54) is 94.7 Å². The van der Waals surface area contributed by atoms with Gasteiger partial charge in [0.15, 0.2) is 18.0 Å². The molecule has 11 rings (SSSR count). The zero-order chi connectivity index (χ0) is 53.0. The van der Waals surface area contributed by atoms with Crippen molar-refractivity contribution in [3.8, 4) is 39.6 Å². The fourth-order valence-corrected chi connectivity index (χ4v) is 12.3. The van der Waals surface area contributed by atoms with Crippen LogP contribution in [0.1, 0.15) is 178 Å². The van der Waals surface area contributed by atoms with Gasteiger partial charge in [-0.05, 0) is 139 Å². The summed E-state index contributed by atoms with van der Waals surface area (Å²) in [5, 5.41) is 2.36. The minimum Gasteiger partial charge on any atom is -0.457 e. The fourth-order valence-electron chi connectivity index (χ4n) is 12.3. The Morgan fingerprint density at radius 2 is 0.987 bits per heavy atom. The van der Waals surface area contributed by atoms with E-state index >= 15 is 0 Å². The van der Waals surface area contributed by atoms with Gasteiger partial charge in [0.2, 0.25) is 11.4 Å². The van der Waals surface area contributed by atoms with Gasteiger partial charge in [-0.1, -0.05) is 171 Å². The van der Waals surface area contributed by atoms with Gasteiger partial charge in [-0.25, -0.2) is 4.98 Å². The van der Waals surface area contributed by atoms with Crippen LogP contribution in [0.4, 0.5) is 22.7 Å². The van der Waals surface area contributed by atoms with Crippen molar-refractivity contribution in [3.05, 3.63) is 197 Å². The van der Waals surface area contributed by atoms with Gasteiger partial charge in [0.05, 0.1) is 11.0 Å². The molecule has 0 bridgehead atoms. The summed E-state index contributed by atoms with van der Waals surface area (Å²) < 4.78 is 10.8. The van der Waals surface area contributed by atoms with Gasteiger partial charge in [-0.15, -0.1) is 0 Å². The predicted molar refractivity (Wildman–Crippen MR) is 319 cm³/mol. The molecule has 2 atom stereocenters. The van der Waals surface area contributed by atoms with Crippen molar-refractivity contribution >= 4 is 44.6 Å². The SMILES string of the molecule is CC(C)c1cc(C(C)C)c(-c2cc(Oc3ccc4c5ccccc5n(-c5cc(C(C)(C)C)ccn5)c4c3)cc([N+]34[CH-][N@+]3(c3cccc(-c5c(C(C)C)cc(C(C)C)cc5C(C)C)c3)c3ccccc34)c2)c(C(C)C)c1. The molecule has 1 saturated heterocycles. The van der Waals surface area contributed by atoms with Crippen LogP contribution in [0, 0.1) is 6.67 Å². The summed E-state index contributed by atoms with van der Waals surface area (Å²) in [5.74, 6) is 4.73. The van der Waals surface area contributed by atoms with Gasteiger partial charge in [-0.2, -0.15) is 9.18 Å². The van der Waals surface area contributed by atoms with Crippen LogP contribution in [0.5, 0.6) is 11.5 Å². The van der Waals surface area contributed by atoms with E-state index < -0.39 is 0 Å². The number of ether oxygens (including phenoxy) is 1. The third kappa shape index (κ3) is 8.15. The van der Waals surface area contributed by atoms with Crippen molar-refractivity contribution in [2.45, 2.75) is 145 Å². The number of benzene rings is 7. The second-order valence-electron chi connectivity index (χ2n) is 24.6. The molecule has 0 amide bonds. The molecule has 0 aliphatic carbocycles. The highest BCUT2D eigenvalue weighted by Gasteiger charge is 2.78. The van der Waals surface area contributed by atoms with Crippen molar-refractivity contribution in [1.29, 1.82) is 0 Å². The molecule has 2 aromatic heterocycles. The van der Waals surface area contributed by atoms with E-state index in [4.69, 9.17) is 9.72 Å². The molecule has 2 aliphatic rings. The molecular formula is C70H77N4O+. The quantitative estimate of drug-likeness (QED) is 0.0654. The van der Waals surface area contributed by atoms with E-state index in [9.17, 15) is 0 Å². The number of aromatic nitrogens is 2. The van der Waals surface area contributed by atoms with E-state index in [1.54, 1.807) is 0 Å². The van der Waals surface area contributed by atoms with Crippen molar-refractivity contribution in [2.24, 2.45) is 0 Å². The van der Waals surface area contributed by atoms with E-state index in [2.05, 4.69) is 261 Å². The normalized spacial score (nSPS) is 17.2. The Morgan fingerprint density at radius 1 is 0.453 bits per heavy atom. The maximum atomic E-state index is 7.34. The molecule has 75 heavy (non-hydrogen) atoms. The smallest absolute Gasteiger partial charge is 0.225 e. The lowest BCUT2D eigenvalue weighted by atomic mass is 9.81. The van der Waals surface area contributed by atoms with Crippen LogP contribution >= 0.6 is 0 Å². The molecular weight excluding hydrogens is 913 g/mol. The van der Waals surface area contributed by atoms with Crippen LogP contribution < -0.4 is 13.9 Å². The summed E-state index contributed by atoms with van der Waals surface area (Å²) >= 11 is 0. The molecule has 0 radical (unpaired) electrons. The first-order chi connectivity index (χ1) is 35.7. The van der Waals surface area contributed by atoms with Crippen molar-refractivity contribution < 1.29 is 4.74 Å². The van der Waals surface area contributed by atoms with Gasteiger partial charge in [0, 0.05) is 59.4 Å². The number of hydrogen-bond acceptors (Lipinski definition) is 2. The molecule has 5 nitrogen and oxygen atoms in total. The van der Waals surface area contributed by atoms with E-state index in [-0.39, 0.29) is 5.41 Å². The molecule has 4 heterocycles. The summed E-state index contributed by atoms with van der Waals surface area (Å²) in [6, 6.07) is 55.2. The van der Waals surface area contributed by atoms with E-state index in [0.717, 1.165) is 28.4 Å². The molecule has 9 aromatic rings. The van der Waals surface area contributed by atoms with Crippen LogP contribution in [0.15, 0.2) is 152 Å². The number of nitrogens with zero attached hydrogens (tertiary/aromatic N) is 4. The van der Waals surface area contributed by atoms with Crippen molar-refractivity contribution in [2.75, 3.05) is 0 Å². The first-order valence-corrected chi connectivity index (χ1v) is 27.8. The lowest BCUT2D eigenvalue weighted by Crippen LogP contribution is -2.46. The first kappa shape index (κ1) is 50.4. The zero-order valence-electron chi connectivity index (χ0n) is 47.2. The van der Waals surface area contributed by atoms with Gasteiger partial charge >= 0.3 is 0 Å². The van der Waals surface area contributed by atoms with Crippen LogP contribution in [-0.2, 0) is 5.41 Å². The largest absolute Gasteiger partial charge is 0.457 e. The average Bonchev–Trinajstić information content (AvgIpc) is 3.13. The van der Waals surface area contributed by atoms with Gasteiger partial charge in [-0.3, -0.25) is 4.57 Å². The first-order valence-electron chi connectivity index (χ1n) is 27.8. The average molecular weight is 990 g/mol. The van der Waals surface area contributed by atoms with E-state index in [0.29, 0.717) is 44.7 Å². The minimum absolute atomic E-state index is 0.0291. The Labute approximate surface area is 447 Å². The van der Waals surface area contributed by atoms with Crippen LogP contribution in [0.2, 0.25) is 0 Å². The molecule has 2 aliphatic heterocycles. The maximum absolute atomic E-state index is 7.34. The fraction of sp³-hybridized carbons (Fsp3) is 0.314. The molecule has 5 heteroatoms. The van der Waals surface area contributed by atoms with E-state index in [1.807, 2.05) is 6.20 Å². The Kier molecular flexibility index (Phi) is 12.4. The van der Waals surface area contributed by atoms with Gasteiger partial charge < -0.3 is 4.74 Å². The number of rotatable bonds is 13. The van der Waals surface area contributed by atoms with Crippen LogP contribution in [0.25, 0.3) is 49.9 Å². The van der Waals surface area contributed by atoms with Crippen LogP contribution in [-0.4, -0.2) is 9.55 Å². The number of hydrogen-bond donors (Lipinski definition) is 0. The second kappa shape index (κ2) is 18.5. The summed E-state index contributed by atoms with van der Waals surface area (Å²) in [6.45, 7) is 37.4. The Bertz CT molecular complexity index is 3630. The lowest BCUT2D eigenvalue weighted by Gasteiger charge is -2.40. The number of fused-ring (bicyclic) bond motifs is 7. The molecule has 1 unspecified atom stereocenters. The molecule has 382 valence electrons. The number of pyridine rings is 1. The highest BCUT2D eigenvalue weighted by molar-refractivity contribution is 6.09. The third-order valence-electron chi connectivity index (χ3n) is 16.5. The minimum atomic E-state index is -0.0291. The molecule has 1 fully saturated rings. The Morgan fingerprint density at radius 3 is 1.56 bits per heavy atom. The standard InChI is InChI=1S/C70H77N4O/c1-42(2)49-34-59(44(5)6)68(60(35-49)45(7)8)48-21-20-22-53(31-48)73-41-74(73,66-26-19-18-25-65(66)73)54-32-51(69-61(46(9)10)36-50(43(3)4)37-62(69)47(11)12)33-56(39-54)75-55-27-28-58-57-23-16-17-24-63(57)72(64(58)40-55)67-38-52(29-30-71-67)70(13,14)15/h16-47H,1-15H3/q+1/t73-,74?/m0/s1. The Balaban J connectivity index is 1.12. The van der Waals surface area contributed by atoms with Crippen molar-refractivity contribution in [1.82, 2.24) is 18.7 Å². The number of quaternary nitrogens is 2. The highest BCUT2D eigenvalue weighted by Crippen LogP contribution is 2.75. The lowest BCUT2D eigenvalue weighted by molar-refractivity contribution is 0.424. The predicted octanol–water partition coefficient (Wildman–Crippen LogP) is 20.7. The maximum Gasteiger partial charge on any atom is 0.225 e. The summed E-state index contributed by atoms with van der Waals surface area (Å²) in [6.07, 6.45) is 1.95. The summed E-state index contributed by atoms with van der Waals surface area (Å²) in [4.78, 5) is 5.00. The Hall–Kier alpha value is -6.79. The van der Waals surface area contributed by atoms with Gasteiger partial charge in [0.1, 0.15) is 17.3 Å². The summed E-state index contributed by atoms with van der Waals surface area (Å²) in [5.41, 5.74) is 22.0. The van der Waals surface area contributed by atoms with Gasteiger partial charge in [0.25, 0.3) is 0 Å². The highest BCUT2D eigenvalue weighted by atomic mass is 16.5. The topological polar surface area (TPSA) is 27.1 Å². The molecule has 0 saturated carbocycles. The zero-order valence-corrected chi connectivity index (χ0v) is 47.2. The molecule has 0 spiro atoms. The van der Waals surface area contributed by atoms with Crippen LogP contribution in [0.3, 0.4) is 0 Å².